The molecule has 2 saturated heterocycles. The summed E-state index contributed by atoms with van der Waals surface area (Å²) < 4.78 is 1.61. The van der Waals surface area contributed by atoms with Gasteiger partial charge in [-0.1, -0.05) is 39.8 Å². The van der Waals surface area contributed by atoms with Crippen LogP contribution in [0.1, 0.15) is 33.3 Å². The Labute approximate surface area is 179 Å². The highest BCUT2D eigenvalue weighted by Gasteiger charge is 2.47. The van der Waals surface area contributed by atoms with Gasteiger partial charge in [-0.25, -0.2) is 4.68 Å². The van der Waals surface area contributed by atoms with Crippen LogP contribution in [0, 0.1) is 5.41 Å². The molecule has 8 N–H and O–H groups in total. The third kappa shape index (κ3) is 4.71. The van der Waals surface area contributed by atoms with Crippen molar-refractivity contribution in [2.75, 3.05) is 31.1 Å². The Morgan fingerprint density at radius 3 is 2.37 bits per heavy atom. The number of anilines is 1. The molecule has 2 aromatic rings. The molecule has 2 aliphatic heterocycles. The third-order valence-electron chi connectivity index (χ3n) is 5.04. The number of nitrogens with two attached hydrogens (primary N) is 3. The lowest BCUT2D eigenvalue weighted by molar-refractivity contribution is 0.121. The molecule has 8 heteroatoms. The van der Waals surface area contributed by atoms with Crippen LogP contribution in [-0.2, 0) is 0 Å². The molecule has 164 valence electrons. The van der Waals surface area contributed by atoms with Crippen LogP contribution < -0.4 is 27.4 Å². The van der Waals surface area contributed by atoms with E-state index in [1.54, 1.807) is 41.2 Å². The maximum Gasteiger partial charge on any atom is 0.124 e. The maximum absolute atomic E-state index is 9.96. The number of aromatic hydroxyl groups is 1. The van der Waals surface area contributed by atoms with Crippen LogP contribution in [0.5, 0.6) is 5.75 Å². The minimum atomic E-state index is 0. The SMILES string of the molecule is C.CCC.NC(N)=C(/C=C(\N)c1ccccc1O)n1cc(N2CC3(CNC3)C2)cn1. The molecular weight excluding hydrogens is 378 g/mol. The van der Waals surface area contributed by atoms with E-state index in [9.17, 15) is 5.11 Å². The molecule has 1 aromatic heterocycles. The molecule has 0 aliphatic carbocycles. The van der Waals surface area contributed by atoms with Crippen molar-refractivity contribution in [3.63, 3.8) is 0 Å². The van der Waals surface area contributed by atoms with Crippen LogP contribution in [0.3, 0.4) is 0 Å². The van der Waals surface area contributed by atoms with Crippen LogP contribution >= 0.6 is 0 Å². The number of phenolic OH excluding ortho intramolecular Hbond substituents is 1. The van der Waals surface area contributed by atoms with E-state index < -0.39 is 0 Å². The lowest BCUT2D eigenvalue weighted by Gasteiger charge is -2.56. The van der Waals surface area contributed by atoms with Gasteiger partial charge in [0, 0.05) is 42.9 Å². The Bertz CT molecular complexity index is 900. The molecule has 1 spiro atoms. The van der Waals surface area contributed by atoms with Gasteiger partial charge in [0.05, 0.1) is 18.1 Å². The van der Waals surface area contributed by atoms with Crippen LogP contribution in [-0.4, -0.2) is 41.1 Å². The summed E-state index contributed by atoms with van der Waals surface area (Å²) in [6, 6.07) is 6.84. The van der Waals surface area contributed by atoms with E-state index in [0.717, 1.165) is 31.9 Å². The minimum absolute atomic E-state index is 0. The molecule has 0 radical (unpaired) electrons. The van der Waals surface area contributed by atoms with E-state index in [0.29, 0.717) is 22.4 Å². The molecule has 3 heterocycles. The quantitative estimate of drug-likeness (QED) is 0.485. The number of hydrogen-bond donors (Lipinski definition) is 5. The van der Waals surface area contributed by atoms with Gasteiger partial charge < -0.3 is 32.5 Å². The van der Waals surface area contributed by atoms with E-state index in [1.165, 1.54) is 6.42 Å². The van der Waals surface area contributed by atoms with E-state index in [2.05, 4.69) is 29.2 Å². The Hall–Kier alpha value is -3.13. The summed E-state index contributed by atoms with van der Waals surface area (Å²) in [5.41, 5.74) is 20.6. The summed E-state index contributed by atoms with van der Waals surface area (Å²) in [6.45, 7) is 8.47. The molecule has 8 nitrogen and oxygen atoms in total. The van der Waals surface area contributed by atoms with Crippen LogP contribution in [0.4, 0.5) is 5.69 Å². The van der Waals surface area contributed by atoms with Gasteiger partial charge in [-0.3, -0.25) is 0 Å². The molecular formula is C22H35N7O. The lowest BCUT2D eigenvalue weighted by atomic mass is 9.74. The van der Waals surface area contributed by atoms with Gasteiger partial charge in [0.15, 0.2) is 0 Å². The molecule has 4 rings (SSSR count). The van der Waals surface area contributed by atoms with Gasteiger partial charge in [0.2, 0.25) is 0 Å². The molecule has 2 aliphatic rings. The van der Waals surface area contributed by atoms with Crippen molar-refractivity contribution in [2.45, 2.75) is 27.7 Å². The fourth-order valence-corrected chi connectivity index (χ4v) is 3.48. The fraction of sp³-hybridized carbons (Fsp3) is 0.409. The summed E-state index contributed by atoms with van der Waals surface area (Å²) in [7, 11) is 0. The number of allylic oxidation sites excluding steroid dienone is 2. The molecule has 0 amide bonds. The van der Waals surface area contributed by atoms with Gasteiger partial charge in [0.25, 0.3) is 0 Å². The Morgan fingerprint density at radius 2 is 1.83 bits per heavy atom. The fourth-order valence-electron chi connectivity index (χ4n) is 3.48. The Morgan fingerprint density at radius 1 is 1.20 bits per heavy atom. The van der Waals surface area contributed by atoms with Crippen molar-refractivity contribution >= 4 is 17.1 Å². The molecule has 0 atom stereocenters. The molecule has 30 heavy (non-hydrogen) atoms. The predicted molar refractivity (Wildman–Crippen MR) is 124 cm³/mol. The Kier molecular flexibility index (Phi) is 7.39. The highest BCUT2D eigenvalue weighted by Crippen LogP contribution is 2.37. The number of phenols is 1. The normalized spacial score (nSPS) is 16.5. The third-order valence-corrected chi connectivity index (χ3v) is 5.04. The first kappa shape index (κ1) is 23.2. The highest BCUT2D eigenvalue weighted by molar-refractivity contribution is 5.78. The van der Waals surface area contributed by atoms with Gasteiger partial charge in [-0.2, -0.15) is 5.10 Å². The molecule has 0 bridgehead atoms. The second-order valence-electron chi connectivity index (χ2n) is 7.77. The molecule has 2 fully saturated rings. The van der Waals surface area contributed by atoms with Gasteiger partial charge in [-0.05, 0) is 18.2 Å². The predicted octanol–water partition coefficient (Wildman–Crippen LogP) is 2.09. The minimum Gasteiger partial charge on any atom is -0.507 e. The Balaban J connectivity index is 0.000000757. The maximum atomic E-state index is 9.96. The average Bonchev–Trinajstić information content (AvgIpc) is 3.07. The number of benzene rings is 1. The summed E-state index contributed by atoms with van der Waals surface area (Å²) in [4.78, 5) is 2.28. The summed E-state index contributed by atoms with van der Waals surface area (Å²) in [5.74, 6) is 0.193. The zero-order valence-corrected chi connectivity index (χ0v) is 17.1. The summed E-state index contributed by atoms with van der Waals surface area (Å²) in [5, 5.41) is 17.7. The van der Waals surface area contributed by atoms with E-state index in [1.807, 2.05) is 6.20 Å². The van der Waals surface area contributed by atoms with E-state index >= 15 is 0 Å². The number of para-hydroxylation sites is 1. The first-order valence-corrected chi connectivity index (χ1v) is 9.90. The molecule has 1 aromatic carbocycles. The number of nitrogens with one attached hydrogen (secondary N) is 1. The second-order valence-corrected chi connectivity index (χ2v) is 7.77. The van der Waals surface area contributed by atoms with Crippen molar-refractivity contribution in [2.24, 2.45) is 22.6 Å². The number of hydrogen-bond acceptors (Lipinski definition) is 7. The van der Waals surface area contributed by atoms with Gasteiger partial charge >= 0.3 is 0 Å². The van der Waals surface area contributed by atoms with Crippen LogP contribution in [0.25, 0.3) is 11.4 Å². The number of nitrogens with zero attached hydrogens (tertiary/aromatic N) is 3. The highest BCUT2D eigenvalue weighted by atomic mass is 16.3. The smallest absolute Gasteiger partial charge is 0.124 e. The zero-order valence-electron chi connectivity index (χ0n) is 17.1. The first-order valence-electron chi connectivity index (χ1n) is 9.90. The van der Waals surface area contributed by atoms with E-state index in [4.69, 9.17) is 17.2 Å². The van der Waals surface area contributed by atoms with Crippen molar-refractivity contribution in [1.82, 2.24) is 15.1 Å². The van der Waals surface area contributed by atoms with Crippen molar-refractivity contribution in [3.05, 3.63) is 54.1 Å². The van der Waals surface area contributed by atoms with Crippen molar-refractivity contribution in [3.8, 4) is 5.75 Å². The number of rotatable bonds is 4. The first-order chi connectivity index (χ1) is 13.9. The largest absolute Gasteiger partial charge is 0.507 e. The standard InChI is InChI=1S/C18H23N7O.C3H8.CH4/c19-14(13-3-1-2-4-16(13)26)5-15(17(20)21)25-7-12(6-23-25)24-10-18(11-24)8-22-9-18;1-3-2;/h1-7,22,26H,8-11,19-21H2;3H2,1-2H3;1H4/b14-5-;;. The molecule has 0 unspecified atom stereocenters. The zero-order chi connectivity index (χ0) is 21.0. The lowest BCUT2D eigenvalue weighted by Crippen LogP contribution is -2.71. The molecule has 0 saturated carbocycles. The van der Waals surface area contributed by atoms with Gasteiger partial charge in [-0.15, -0.1) is 0 Å². The summed E-state index contributed by atoms with van der Waals surface area (Å²) >= 11 is 0. The van der Waals surface area contributed by atoms with E-state index in [-0.39, 0.29) is 19.0 Å². The van der Waals surface area contributed by atoms with Crippen LogP contribution in [0.15, 0.2) is 48.6 Å². The summed E-state index contributed by atoms with van der Waals surface area (Å²) in [6.07, 6.45) is 6.56. The average molecular weight is 414 g/mol. The topological polar surface area (TPSA) is 131 Å². The monoisotopic (exact) mass is 413 g/mol. The number of aromatic nitrogens is 2. The van der Waals surface area contributed by atoms with Crippen molar-refractivity contribution < 1.29 is 5.11 Å². The van der Waals surface area contributed by atoms with Crippen molar-refractivity contribution in [1.29, 1.82) is 0 Å². The van der Waals surface area contributed by atoms with Gasteiger partial charge in [0.1, 0.15) is 17.3 Å². The van der Waals surface area contributed by atoms with Crippen LogP contribution in [0.2, 0.25) is 0 Å². The second kappa shape index (κ2) is 9.58.